The first-order valence-electron chi connectivity index (χ1n) is 8.37. The molecule has 0 saturated carbocycles. The number of rotatable bonds is 7. The second kappa shape index (κ2) is 9.50. The van der Waals surface area contributed by atoms with Crippen LogP contribution in [0.2, 0.25) is 0 Å². The van der Waals surface area contributed by atoms with Crippen molar-refractivity contribution in [3.05, 3.63) is 42.5 Å². The van der Waals surface area contributed by atoms with Crippen LogP contribution in [-0.4, -0.2) is 55.9 Å². The quantitative estimate of drug-likeness (QED) is 0.425. The summed E-state index contributed by atoms with van der Waals surface area (Å²) >= 11 is 0. The number of hydrogen-bond acceptors (Lipinski definition) is 5. The molecular weight excluding hydrogens is 336 g/mol. The van der Waals surface area contributed by atoms with Gasteiger partial charge in [0.05, 0.1) is 20.8 Å². The van der Waals surface area contributed by atoms with E-state index in [9.17, 15) is 9.59 Å². The van der Waals surface area contributed by atoms with E-state index < -0.39 is 6.09 Å². The third kappa shape index (κ3) is 4.78. The Hall–Kier alpha value is -2.96. The van der Waals surface area contributed by atoms with Crippen LogP contribution in [0.3, 0.4) is 0 Å². The molecule has 0 radical (unpaired) electrons. The van der Waals surface area contributed by atoms with Gasteiger partial charge in [0.1, 0.15) is 11.5 Å². The molecule has 7 heteroatoms. The van der Waals surface area contributed by atoms with Gasteiger partial charge in [-0.15, -0.1) is 6.58 Å². The maximum absolute atomic E-state index is 12.5. The Morgan fingerprint density at radius 2 is 1.96 bits per heavy atom. The van der Waals surface area contributed by atoms with Gasteiger partial charge in [0, 0.05) is 24.7 Å². The van der Waals surface area contributed by atoms with Gasteiger partial charge in [-0.2, -0.15) is 0 Å². The summed E-state index contributed by atoms with van der Waals surface area (Å²) in [6.07, 6.45) is 5.48. The number of amides is 2. The average molecular weight is 360 g/mol. The smallest absolute Gasteiger partial charge is 0.428 e. The molecule has 1 aromatic rings. The molecule has 0 N–H and O–H groups in total. The highest BCUT2D eigenvalue weighted by molar-refractivity contribution is 5.93. The minimum atomic E-state index is -0.523. The molecule has 1 saturated heterocycles. The SMILES string of the molecule is C=CCCOC(=O)N1CCCN1C(=O)/C=C/c1cc(OC)ccc1OC. The maximum atomic E-state index is 12.5. The van der Waals surface area contributed by atoms with Crippen molar-refractivity contribution in [1.29, 1.82) is 0 Å². The molecule has 2 rings (SSSR count). The lowest BCUT2D eigenvalue weighted by Gasteiger charge is -2.26. The molecule has 0 unspecified atom stereocenters. The van der Waals surface area contributed by atoms with E-state index in [1.165, 1.54) is 16.1 Å². The number of benzene rings is 1. The predicted octanol–water partition coefficient (Wildman–Crippen LogP) is 2.88. The van der Waals surface area contributed by atoms with E-state index in [4.69, 9.17) is 14.2 Å². The minimum absolute atomic E-state index is 0.248. The molecular formula is C19H24N2O5. The van der Waals surface area contributed by atoms with Gasteiger partial charge in [-0.3, -0.25) is 4.79 Å². The van der Waals surface area contributed by atoms with Crippen LogP contribution in [0.1, 0.15) is 18.4 Å². The van der Waals surface area contributed by atoms with Gasteiger partial charge < -0.3 is 14.2 Å². The molecule has 2 amide bonds. The molecule has 1 fully saturated rings. The lowest BCUT2D eigenvalue weighted by Crippen LogP contribution is -2.44. The third-order valence-electron chi connectivity index (χ3n) is 3.89. The van der Waals surface area contributed by atoms with Crippen LogP contribution in [0.15, 0.2) is 36.9 Å². The molecule has 1 aliphatic rings. The van der Waals surface area contributed by atoms with E-state index >= 15 is 0 Å². The number of carbonyl (C=O) groups excluding carboxylic acids is 2. The Morgan fingerprint density at radius 3 is 2.65 bits per heavy atom. The van der Waals surface area contributed by atoms with Crippen molar-refractivity contribution in [2.24, 2.45) is 0 Å². The standard InChI is InChI=1S/C19H24N2O5/c1-4-5-13-26-19(23)21-12-6-11-20(21)18(22)10-7-15-14-16(24-2)8-9-17(15)25-3/h4,7-10,14H,1,5-6,11-13H2,2-3H3/b10-7+. The summed E-state index contributed by atoms with van der Waals surface area (Å²) in [5.74, 6) is 0.983. The molecule has 1 aliphatic heterocycles. The third-order valence-corrected chi connectivity index (χ3v) is 3.89. The number of nitrogens with zero attached hydrogens (tertiary/aromatic N) is 2. The zero-order valence-corrected chi connectivity index (χ0v) is 15.1. The van der Waals surface area contributed by atoms with Gasteiger partial charge in [-0.1, -0.05) is 6.08 Å². The molecule has 0 aliphatic carbocycles. The van der Waals surface area contributed by atoms with Crippen LogP contribution in [0.25, 0.3) is 6.08 Å². The molecule has 0 bridgehead atoms. The Balaban J connectivity index is 2.07. The van der Waals surface area contributed by atoms with Crippen LogP contribution in [-0.2, 0) is 9.53 Å². The van der Waals surface area contributed by atoms with Crippen LogP contribution < -0.4 is 9.47 Å². The Labute approximate surface area is 153 Å². The predicted molar refractivity (Wildman–Crippen MR) is 97.8 cm³/mol. The molecule has 1 aromatic carbocycles. The minimum Gasteiger partial charge on any atom is -0.497 e. The fraction of sp³-hybridized carbons (Fsp3) is 0.368. The number of carbonyl (C=O) groups is 2. The van der Waals surface area contributed by atoms with Gasteiger partial charge in [0.2, 0.25) is 0 Å². The zero-order chi connectivity index (χ0) is 18.9. The second-order valence-electron chi connectivity index (χ2n) is 5.57. The fourth-order valence-corrected chi connectivity index (χ4v) is 2.55. The number of hydrazine groups is 1. The van der Waals surface area contributed by atoms with Gasteiger partial charge in [0.25, 0.3) is 5.91 Å². The van der Waals surface area contributed by atoms with Gasteiger partial charge in [-0.25, -0.2) is 14.8 Å². The van der Waals surface area contributed by atoms with Crippen molar-refractivity contribution in [2.75, 3.05) is 33.9 Å². The molecule has 0 atom stereocenters. The largest absolute Gasteiger partial charge is 0.497 e. The van der Waals surface area contributed by atoms with E-state index in [1.54, 1.807) is 44.6 Å². The lowest BCUT2D eigenvalue weighted by molar-refractivity contribution is -0.136. The van der Waals surface area contributed by atoms with Crippen molar-refractivity contribution in [3.63, 3.8) is 0 Å². The van der Waals surface area contributed by atoms with Gasteiger partial charge >= 0.3 is 6.09 Å². The lowest BCUT2D eigenvalue weighted by atomic mass is 10.1. The molecule has 0 aromatic heterocycles. The van der Waals surface area contributed by atoms with E-state index in [2.05, 4.69) is 6.58 Å². The van der Waals surface area contributed by atoms with Gasteiger partial charge in [0.15, 0.2) is 0 Å². The molecule has 0 spiro atoms. The first-order valence-corrected chi connectivity index (χ1v) is 8.37. The van der Waals surface area contributed by atoms with E-state index in [-0.39, 0.29) is 12.5 Å². The average Bonchev–Trinajstić information content (AvgIpc) is 3.16. The number of ether oxygens (including phenoxy) is 3. The number of methoxy groups -OCH3 is 2. The Bertz CT molecular complexity index is 687. The van der Waals surface area contributed by atoms with Crippen molar-refractivity contribution in [3.8, 4) is 11.5 Å². The first kappa shape index (κ1) is 19.4. The van der Waals surface area contributed by atoms with Crippen LogP contribution >= 0.6 is 0 Å². The van der Waals surface area contributed by atoms with Crippen molar-refractivity contribution >= 4 is 18.1 Å². The normalized spacial score (nSPS) is 13.8. The van der Waals surface area contributed by atoms with Crippen LogP contribution in [0.4, 0.5) is 4.79 Å². The van der Waals surface area contributed by atoms with Gasteiger partial charge in [-0.05, 0) is 37.1 Å². The molecule has 7 nitrogen and oxygen atoms in total. The van der Waals surface area contributed by atoms with Crippen LogP contribution in [0, 0.1) is 0 Å². The summed E-state index contributed by atoms with van der Waals surface area (Å²) in [4.78, 5) is 24.6. The van der Waals surface area contributed by atoms with E-state index in [0.29, 0.717) is 43.0 Å². The van der Waals surface area contributed by atoms with E-state index in [0.717, 1.165) is 0 Å². The van der Waals surface area contributed by atoms with Crippen molar-refractivity contribution in [1.82, 2.24) is 10.0 Å². The summed E-state index contributed by atoms with van der Waals surface area (Å²) in [7, 11) is 3.13. The molecule has 1 heterocycles. The monoisotopic (exact) mass is 360 g/mol. The summed E-state index contributed by atoms with van der Waals surface area (Å²) in [6.45, 7) is 4.75. The second-order valence-corrected chi connectivity index (χ2v) is 5.57. The van der Waals surface area contributed by atoms with Crippen LogP contribution in [0.5, 0.6) is 11.5 Å². The van der Waals surface area contributed by atoms with Crippen molar-refractivity contribution in [2.45, 2.75) is 12.8 Å². The fourth-order valence-electron chi connectivity index (χ4n) is 2.55. The Kier molecular flexibility index (Phi) is 7.08. The highest BCUT2D eigenvalue weighted by atomic mass is 16.6. The highest BCUT2D eigenvalue weighted by Gasteiger charge is 2.30. The maximum Gasteiger partial charge on any atom is 0.428 e. The zero-order valence-electron chi connectivity index (χ0n) is 15.1. The molecule has 26 heavy (non-hydrogen) atoms. The van der Waals surface area contributed by atoms with E-state index in [1.807, 2.05) is 0 Å². The first-order chi connectivity index (χ1) is 12.6. The highest BCUT2D eigenvalue weighted by Crippen LogP contribution is 2.25. The summed E-state index contributed by atoms with van der Waals surface area (Å²) in [5.41, 5.74) is 0.708. The topological polar surface area (TPSA) is 68.3 Å². The summed E-state index contributed by atoms with van der Waals surface area (Å²) in [5, 5.41) is 2.72. The summed E-state index contributed by atoms with van der Waals surface area (Å²) < 4.78 is 15.6. The molecule has 140 valence electrons. The Morgan fingerprint density at radius 1 is 1.19 bits per heavy atom. The number of hydrogen-bond donors (Lipinski definition) is 0. The summed E-state index contributed by atoms with van der Waals surface area (Å²) in [6, 6.07) is 5.31. The van der Waals surface area contributed by atoms with Crippen molar-refractivity contribution < 1.29 is 23.8 Å².